The zero-order chi connectivity index (χ0) is 29.2. The van der Waals surface area contributed by atoms with Crippen LogP contribution in [0.5, 0.6) is 5.75 Å². The number of para-hydroxylation sites is 2. The highest BCUT2D eigenvalue weighted by Crippen LogP contribution is 2.29. The highest BCUT2D eigenvalue weighted by Gasteiger charge is 2.17. The number of nitrogens with zero attached hydrogens (tertiary/aromatic N) is 3. The van der Waals surface area contributed by atoms with Gasteiger partial charge in [-0.1, -0.05) is 35.9 Å². The maximum absolute atomic E-state index is 13.8. The Morgan fingerprint density at radius 3 is 2.71 bits per heavy atom. The van der Waals surface area contributed by atoms with Crippen LogP contribution in [0.15, 0.2) is 110 Å². The van der Waals surface area contributed by atoms with Crippen LogP contribution in [0.1, 0.15) is 5.56 Å². The average molecular weight is 646 g/mol. The lowest BCUT2D eigenvalue weighted by Gasteiger charge is -2.10. The highest BCUT2D eigenvalue weighted by molar-refractivity contribution is 9.10. The Morgan fingerprint density at radius 1 is 1.07 bits per heavy atom. The number of amides is 1. The predicted molar refractivity (Wildman–Crippen MR) is 164 cm³/mol. The number of ether oxygens (including phenoxy) is 1. The third-order valence-corrected chi connectivity index (χ3v) is 7.09. The van der Waals surface area contributed by atoms with Crippen molar-refractivity contribution in [2.75, 3.05) is 11.9 Å². The fourth-order valence-electron chi connectivity index (χ4n) is 4.25. The van der Waals surface area contributed by atoms with Crippen LogP contribution in [-0.2, 0) is 4.79 Å². The third-order valence-electron chi connectivity index (χ3n) is 6.24. The summed E-state index contributed by atoms with van der Waals surface area (Å²) in [6.07, 6.45) is 1.50. The molecule has 0 aliphatic rings. The summed E-state index contributed by atoms with van der Waals surface area (Å²) in [6.45, 7) is -0.329. The Labute approximate surface area is 251 Å². The van der Waals surface area contributed by atoms with Crippen molar-refractivity contribution in [3.63, 3.8) is 0 Å². The summed E-state index contributed by atoms with van der Waals surface area (Å²) in [7, 11) is 0. The summed E-state index contributed by atoms with van der Waals surface area (Å²) in [5.74, 6) is -0.0829. The molecule has 2 aromatic heterocycles. The Morgan fingerprint density at radius 2 is 1.88 bits per heavy atom. The molecule has 42 heavy (non-hydrogen) atoms. The van der Waals surface area contributed by atoms with Crippen molar-refractivity contribution < 1.29 is 18.3 Å². The SMILES string of the molecule is O=C(COc1ccc(C=Nn2c(-c3cc4cc(Cl)ccc4o3)nc3ccccc3c2=O)cc1Br)Nc1ccccc1F. The number of hydrogen-bond donors (Lipinski definition) is 1. The van der Waals surface area contributed by atoms with Crippen LogP contribution in [0.4, 0.5) is 10.1 Å². The molecule has 0 unspecified atom stereocenters. The molecular formula is C31H19BrClFN4O4. The van der Waals surface area contributed by atoms with Crippen molar-refractivity contribution >= 4 is 67.2 Å². The number of furan rings is 1. The molecule has 0 radical (unpaired) electrons. The first-order chi connectivity index (χ1) is 20.4. The monoisotopic (exact) mass is 644 g/mol. The number of rotatable bonds is 7. The first kappa shape index (κ1) is 27.4. The zero-order valence-corrected chi connectivity index (χ0v) is 23.9. The molecule has 4 aromatic carbocycles. The van der Waals surface area contributed by atoms with Crippen molar-refractivity contribution in [3.8, 4) is 17.3 Å². The second kappa shape index (κ2) is 11.6. The minimum atomic E-state index is -0.538. The highest BCUT2D eigenvalue weighted by atomic mass is 79.9. The van der Waals surface area contributed by atoms with Crippen molar-refractivity contribution in [3.05, 3.63) is 122 Å². The normalized spacial score (nSPS) is 11.4. The van der Waals surface area contributed by atoms with Crippen LogP contribution < -0.4 is 15.6 Å². The lowest BCUT2D eigenvalue weighted by Crippen LogP contribution is -2.21. The van der Waals surface area contributed by atoms with Crippen LogP contribution in [-0.4, -0.2) is 28.4 Å². The number of aromatic nitrogens is 2. The predicted octanol–water partition coefficient (Wildman–Crippen LogP) is 7.26. The van der Waals surface area contributed by atoms with Crippen molar-refractivity contribution in [1.29, 1.82) is 0 Å². The van der Waals surface area contributed by atoms with Crippen LogP contribution >= 0.6 is 27.5 Å². The van der Waals surface area contributed by atoms with Gasteiger partial charge in [-0.2, -0.15) is 9.78 Å². The van der Waals surface area contributed by atoms with Crippen LogP contribution in [0.25, 0.3) is 33.5 Å². The molecule has 2 heterocycles. The first-order valence-electron chi connectivity index (χ1n) is 12.6. The number of halogens is 3. The molecule has 1 amide bonds. The first-order valence-corrected chi connectivity index (χ1v) is 13.8. The lowest BCUT2D eigenvalue weighted by molar-refractivity contribution is -0.118. The van der Waals surface area contributed by atoms with Crippen LogP contribution in [0.2, 0.25) is 5.02 Å². The average Bonchev–Trinajstić information content (AvgIpc) is 3.40. The van der Waals surface area contributed by atoms with E-state index in [9.17, 15) is 14.0 Å². The Balaban J connectivity index is 1.27. The van der Waals surface area contributed by atoms with Gasteiger partial charge in [0.15, 0.2) is 12.4 Å². The molecule has 0 fully saturated rings. The topological polar surface area (TPSA) is 98.7 Å². The second-order valence-electron chi connectivity index (χ2n) is 9.11. The van der Waals surface area contributed by atoms with Crippen molar-refractivity contribution in [2.45, 2.75) is 0 Å². The summed E-state index contributed by atoms with van der Waals surface area (Å²) in [6, 6.07) is 24.9. The molecule has 1 N–H and O–H groups in total. The standard InChI is InChI=1S/C31H19BrClFN4O4/c32-22-13-18(9-11-27(22)41-17-29(39)36-25-8-4-2-6-23(25)34)16-35-38-30(37-24-7-3-1-5-21(24)31(38)40)28-15-19-14-20(33)10-12-26(19)42-28/h1-16H,17H2,(H,36,39). The molecule has 0 bridgehead atoms. The van der Waals surface area contributed by atoms with Gasteiger partial charge in [-0.25, -0.2) is 9.37 Å². The number of benzene rings is 4. The van der Waals surface area contributed by atoms with Crippen molar-refractivity contribution in [1.82, 2.24) is 9.66 Å². The summed E-state index contributed by atoms with van der Waals surface area (Å²) in [5, 5.41) is 8.65. The molecule has 0 atom stereocenters. The van der Waals surface area contributed by atoms with Gasteiger partial charge >= 0.3 is 0 Å². The zero-order valence-electron chi connectivity index (χ0n) is 21.6. The minimum Gasteiger partial charge on any atom is -0.483 e. The van der Waals surface area contributed by atoms with E-state index >= 15 is 0 Å². The molecule has 0 spiro atoms. The molecule has 11 heteroatoms. The Kier molecular flexibility index (Phi) is 7.56. The number of carbonyl (C=O) groups is 1. The lowest BCUT2D eigenvalue weighted by atomic mass is 10.2. The molecule has 0 saturated heterocycles. The maximum atomic E-state index is 13.8. The largest absolute Gasteiger partial charge is 0.483 e. The number of fused-ring (bicyclic) bond motifs is 2. The van der Waals surface area contributed by atoms with Crippen molar-refractivity contribution in [2.24, 2.45) is 5.10 Å². The van der Waals surface area contributed by atoms with E-state index in [-0.39, 0.29) is 23.7 Å². The molecule has 0 saturated carbocycles. The summed E-state index contributed by atoms with van der Waals surface area (Å²) in [4.78, 5) is 30.4. The van der Waals surface area contributed by atoms with E-state index in [2.05, 4.69) is 31.3 Å². The van der Waals surface area contributed by atoms with Gasteiger partial charge in [0.1, 0.15) is 17.1 Å². The fraction of sp³-hybridized carbons (Fsp3) is 0.0323. The molecule has 6 aromatic rings. The van der Waals surface area contributed by atoms with Gasteiger partial charge in [0, 0.05) is 10.4 Å². The maximum Gasteiger partial charge on any atom is 0.282 e. The van der Waals surface area contributed by atoms with E-state index in [0.717, 1.165) is 5.39 Å². The quantitative estimate of drug-likeness (QED) is 0.184. The molecule has 8 nitrogen and oxygen atoms in total. The van der Waals surface area contributed by atoms with E-state index in [1.165, 1.54) is 29.1 Å². The molecule has 0 aliphatic carbocycles. The van der Waals surface area contributed by atoms with Gasteiger partial charge < -0.3 is 14.5 Å². The third kappa shape index (κ3) is 5.67. The van der Waals surface area contributed by atoms with Gasteiger partial charge in [-0.15, -0.1) is 0 Å². The number of anilines is 1. The Bertz CT molecular complexity index is 2070. The van der Waals surface area contributed by atoms with Gasteiger partial charge in [-0.3, -0.25) is 9.59 Å². The number of hydrogen-bond acceptors (Lipinski definition) is 6. The summed E-state index contributed by atoms with van der Waals surface area (Å²) in [5.41, 5.74) is 1.43. The number of carbonyl (C=O) groups excluding carboxylic acids is 1. The fourth-order valence-corrected chi connectivity index (χ4v) is 4.94. The van der Waals surface area contributed by atoms with E-state index in [0.29, 0.717) is 43.1 Å². The second-order valence-corrected chi connectivity index (χ2v) is 10.4. The molecule has 0 aliphatic heterocycles. The van der Waals surface area contributed by atoms with Gasteiger partial charge in [0.2, 0.25) is 5.82 Å². The van der Waals surface area contributed by atoms with Crippen LogP contribution in [0.3, 0.4) is 0 Å². The Hall–Kier alpha value is -4.80. The minimum absolute atomic E-state index is 0.0703. The van der Waals surface area contributed by atoms with E-state index in [1.54, 1.807) is 72.8 Å². The van der Waals surface area contributed by atoms with E-state index < -0.39 is 11.7 Å². The smallest absolute Gasteiger partial charge is 0.282 e. The molecule has 6 rings (SSSR count). The van der Waals surface area contributed by atoms with Gasteiger partial charge in [-0.05, 0) is 88.2 Å². The summed E-state index contributed by atoms with van der Waals surface area (Å²) < 4.78 is 27.1. The van der Waals surface area contributed by atoms with E-state index in [4.69, 9.17) is 20.8 Å². The molecule has 208 valence electrons. The van der Waals surface area contributed by atoms with Gasteiger partial charge in [0.25, 0.3) is 11.5 Å². The van der Waals surface area contributed by atoms with Crippen LogP contribution in [0, 0.1) is 5.82 Å². The summed E-state index contributed by atoms with van der Waals surface area (Å²) >= 11 is 9.58. The molecular weight excluding hydrogens is 627 g/mol. The number of nitrogens with one attached hydrogen (secondary N) is 1. The van der Waals surface area contributed by atoms with E-state index in [1.807, 2.05) is 0 Å². The van der Waals surface area contributed by atoms with Gasteiger partial charge in [0.05, 0.1) is 27.3 Å².